The third-order valence-corrected chi connectivity index (χ3v) is 5.38. The topological polar surface area (TPSA) is 64.1 Å². The minimum absolute atomic E-state index is 0. The summed E-state index contributed by atoms with van der Waals surface area (Å²) in [6, 6.07) is 8.09. The Morgan fingerprint density at radius 1 is 1.00 bits per heavy atom. The number of aliphatic imine (C=N–C) groups is 1. The first-order chi connectivity index (χ1) is 13.7. The van der Waals surface area contributed by atoms with Gasteiger partial charge in [0.1, 0.15) is 12.4 Å². The smallest absolute Gasteiger partial charge is 0.191 e. The third-order valence-electron chi connectivity index (χ3n) is 5.38. The molecule has 0 atom stereocenters. The van der Waals surface area contributed by atoms with Crippen molar-refractivity contribution >= 4 is 29.9 Å². The summed E-state index contributed by atoms with van der Waals surface area (Å²) in [7, 11) is 3.46. The Morgan fingerprint density at radius 3 is 2.31 bits per heavy atom. The fourth-order valence-electron chi connectivity index (χ4n) is 3.68. The predicted molar refractivity (Wildman–Crippen MR) is 129 cm³/mol. The van der Waals surface area contributed by atoms with Crippen LogP contribution in [0.25, 0.3) is 0 Å². The summed E-state index contributed by atoms with van der Waals surface area (Å²) in [5.41, 5.74) is 1.50. The molecule has 0 aromatic heterocycles. The van der Waals surface area contributed by atoms with Gasteiger partial charge in [-0.1, -0.05) is 25.0 Å². The van der Waals surface area contributed by atoms with E-state index in [0.717, 1.165) is 43.4 Å². The lowest BCUT2D eigenvalue weighted by atomic mass is 9.83. The highest BCUT2D eigenvalue weighted by atomic mass is 127. The van der Waals surface area contributed by atoms with Crippen molar-refractivity contribution in [2.45, 2.75) is 45.6 Å². The highest BCUT2D eigenvalue weighted by Crippen LogP contribution is 2.40. The standard InChI is InChI=1S/C22H37N3O3.HI/c1-4-23-21(25-18-22(13-14-26-2)11-5-6-12-22)24-17-19-7-9-20(10-8-19)28-16-15-27-3;/h7-10H,4-6,11-18H2,1-3H3,(H2,23,24,25);1H. The van der Waals surface area contributed by atoms with Crippen LogP contribution < -0.4 is 15.4 Å². The number of guanidine groups is 1. The second-order valence-corrected chi connectivity index (χ2v) is 7.48. The number of halogens is 1. The zero-order valence-electron chi connectivity index (χ0n) is 18.2. The number of benzene rings is 1. The van der Waals surface area contributed by atoms with Gasteiger partial charge in [0.05, 0.1) is 13.2 Å². The van der Waals surface area contributed by atoms with Gasteiger partial charge in [-0.3, -0.25) is 0 Å². The van der Waals surface area contributed by atoms with Crippen molar-refractivity contribution in [3.8, 4) is 5.75 Å². The first-order valence-electron chi connectivity index (χ1n) is 10.4. The van der Waals surface area contributed by atoms with Crippen LogP contribution in [0.15, 0.2) is 29.3 Å². The zero-order valence-corrected chi connectivity index (χ0v) is 20.5. The molecule has 2 rings (SSSR count). The van der Waals surface area contributed by atoms with E-state index in [9.17, 15) is 0 Å². The molecule has 0 spiro atoms. The molecule has 1 saturated carbocycles. The molecule has 0 heterocycles. The molecule has 1 fully saturated rings. The van der Waals surface area contributed by atoms with Crippen molar-refractivity contribution in [2.24, 2.45) is 10.4 Å². The summed E-state index contributed by atoms with van der Waals surface area (Å²) < 4.78 is 15.9. The van der Waals surface area contributed by atoms with Crippen LogP contribution in [0.2, 0.25) is 0 Å². The average Bonchev–Trinajstić information content (AvgIpc) is 3.19. The Hall–Kier alpha value is -1.06. The zero-order chi connectivity index (χ0) is 20.1. The second-order valence-electron chi connectivity index (χ2n) is 7.48. The van der Waals surface area contributed by atoms with Gasteiger partial charge in [-0.05, 0) is 49.3 Å². The fourth-order valence-corrected chi connectivity index (χ4v) is 3.68. The first-order valence-corrected chi connectivity index (χ1v) is 10.4. The normalized spacial score (nSPS) is 15.6. The van der Waals surface area contributed by atoms with Crippen LogP contribution in [0.1, 0.15) is 44.6 Å². The van der Waals surface area contributed by atoms with Gasteiger partial charge >= 0.3 is 0 Å². The monoisotopic (exact) mass is 519 g/mol. The van der Waals surface area contributed by atoms with Gasteiger partial charge < -0.3 is 24.8 Å². The number of hydrogen-bond acceptors (Lipinski definition) is 4. The molecule has 0 radical (unpaired) electrons. The van der Waals surface area contributed by atoms with Crippen molar-refractivity contribution in [1.82, 2.24) is 10.6 Å². The Labute approximate surface area is 193 Å². The maximum Gasteiger partial charge on any atom is 0.191 e. The van der Waals surface area contributed by atoms with Crippen LogP contribution >= 0.6 is 24.0 Å². The van der Waals surface area contributed by atoms with Crippen LogP contribution in [0.4, 0.5) is 0 Å². The predicted octanol–water partition coefficient (Wildman–Crippen LogP) is 3.98. The summed E-state index contributed by atoms with van der Waals surface area (Å²) in [5, 5.41) is 6.94. The largest absolute Gasteiger partial charge is 0.491 e. The van der Waals surface area contributed by atoms with E-state index in [0.29, 0.717) is 25.2 Å². The molecule has 7 heteroatoms. The lowest BCUT2D eigenvalue weighted by Gasteiger charge is -2.30. The number of methoxy groups -OCH3 is 2. The molecule has 1 aliphatic carbocycles. The van der Waals surface area contributed by atoms with E-state index in [1.807, 2.05) is 12.1 Å². The maximum atomic E-state index is 5.61. The molecular formula is C22H38IN3O3. The minimum atomic E-state index is 0. The van der Waals surface area contributed by atoms with Crippen molar-refractivity contribution in [3.05, 3.63) is 29.8 Å². The lowest BCUT2D eigenvalue weighted by molar-refractivity contribution is 0.138. The highest BCUT2D eigenvalue weighted by molar-refractivity contribution is 14.0. The molecule has 0 unspecified atom stereocenters. The number of ether oxygens (including phenoxy) is 3. The van der Waals surface area contributed by atoms with Crippen molar-refractivity contribution < 1.29 is 14.2 Å². The Balaban J connectivity index is 0.00000420. The SMILES string of the molecule is CCNC(=NCc1ccc(OCCOC)cc1)NCC1(CCOC)CCCC1.I. The van der Waals surface area contributed by atoms with Gasteiger partial charge in [0.25, 0.3) is 0 Å². The first kappa shape index (κ1) is 26.0. The molecule has 2 N–H and O–H groups in total. The lowest BCUT2D eigenvalue weighted by Crippen LogP contribution is -2.43. The summed E-state index contributed by atoms with van der Waals surface area (Å²) in [6.07, 6.45) is 6.29. The molecule has 29 heavy (non-hydrogen) atoms. The number of nitrogens with one attached hydrogen (secondary N) is 2. The quantitative estimate of drug-likeness (QED) is 0.189. The van der Waals surface area contributed by atoms with E-state index in [-0.39, 0.29) is 24.0 Å². The molecule has 1 aromatic rings. The van der Waals surface area contributed by atoms with Gasteiger partial charge in [-0.2, -0.15) is 0 Å². The summed E-state index contributed by atoms with van der Waals surface area (Å²) in [6.45, 7) is 6.52. The fraction of sp³-hybridized carbons (Fsp3) is 0.682. The van der Waals surface area contributed by atoms with Crippen LogP contribution in [-0.4, -0.2) is 53.1 Å². The van der Waals surface area contributed by atoms with Gasteiger partial charge in [-0.15, -0.1) is 24.0 Å². The van der Waals surface area contributed by atoms with E-state index in [4.69, 9.17) is 19.2 Å². The molecule has 1 aromatic carbocycles. The summed E-state index contributed by atoms with van der Waals surface area (Å²) in [5.74, 6) is 1.74. The Morgan fingerprint density at radius 2 is 1.69 bits per heavy atom. The van der Waals surface area contributed by atoms with Crippen LogP contribution in [0.5, 0.6) is 5.75 Å². The number of rotatable bonds is 12. The van der Waals surface area contributed by atoms with Gasteiger partial charge in [0, 0.05) is 33.9 Å². The average molecular weight is 519 g/mol. The summed E-state index contributed by atoms with van der Waals surface area (Å²) >= 11 is 0. The van der Waals surface area contributed by atoms with Crippen molar-refractivity contribution in [1.29, 1.82) is 0 Å². The van der Waals surface area contributed by atoms with E-state index >= 15 is 0 Å². The molecule has 0 bridgehead atoms. The molecule has 0 amide bonds. The second kappa shape index (κ2) is 14.8. The molecular weight excluding hydrogens is 481 g/mol. The molecule has 0 saturated heterocycles. The molecule has 166 valence electrons. The summed E-state index contributed by atoms with van der Waals surface area (Å²) in [4.78, 5) is 4.76. The minimum Gasteiger partial charge on any atom is -0.491 e. The van der Waals surface area contributed by atoms with E-state index in [2.05, 4.69) is 29.7 Å². The molecule has 1 aliphatic rings. The number of nitrogens with zero attached hydrogens (tertiary/aromatic N) is 1. The number of hydrogen-bond donors (Lipinski definition) is 2. The van der Waals surface area contributed by atoms with E-state index < -0.39 is 0 Å². The maximum absolute atomic E-state index is 5.61. The van der Waals surface area contributed by atoms with E-state index in [1.54, 1.807) is 14.2 Å². The van der Waals surface area contributed by atoms with Gasteiger partial charge in [0.2, 0.25) is 0 Å². The highest BCUT2D eigenvalue weighted by Gasteiger charge is 2.33. The van der Waals surface area contributed by atoms with Crippen LogP contribution in [-0.2, 0) is 16.0 Å². The molecule has 0 aliphatic heterocycles. The Bertz CT molecular complexity index is 575. The van der Waals surface area contributed by atoms with Crippen molar-refractivity contribution in [3.63, 3.8) is 0 Å². The van der Waals surface area contributed by atoms with Gasteiger partial charge in [-0.25, -0.2) is 4.99 Å². The van der Waals surface area contributed by atoms with Crippen molar-refractivity contribution in [2.75, 3.05) is 47.1 Å². The van der Waals surface area contributed by atoms with E-state index in [1.165, 1.54) is 25.7 Å². The van der Waals surface area contributed by atoms with Crippen LogP contribution in [0, 0.1) is 5.41 Å². The Kier molecular flexibility index (Phi) is 13.3. The third kappa shape index (κ3) is 9.53. The molecule has 6 nitrogen and oxygen atoms in total. The van der Waals surface area contributed by atoms with Crippen LogP contribution in [0.3, 0.4) is 0 Å². The van der Waals surface area contributed by atoms with Gasteiger partial charge in [0.15, 0.2) is 5.96 Å².